The monoisotopic (exact) mass is 302 g/mol. The number of nitrogens with one attached hydrogen (secondary N) is 2. The largest absolute Gasteiger partial charge is 0.326 e. The Morgan fingerprint density at radius 2 is 2.05 bits per heavy atom. The summed E-state index contributed by atoms with van der Waals surface area (Å²) >= 11 is 0. The molecule has 2 aromatic rings. The normalized spacial score (nSPS) is 11.0. The average molecular weight is 302 g/mol. The number of carbonyl (C=O) groups excluding carboxylic acids is 1. The fraction of sp³-hybridized carbons (Fsp3) is 0.438. The average Bonchev–Trinajstić information content (AvgIpc) is 2.73. The second-order valence-electron chi connectivity index (χ2n) is 5.66. The lowest BCUT2D eigenvalue weighted by atomic mass is 10.1. The van der Waals surface area contributed by atoms with Gasteiger partial charge in [0, 0.05) is 23.9 Å². The Morgan fingerprint density at radius 3 is 2.59 bits per heavy atom. The Bertz CT molecular complexity index is 756. The molecule has 0 saturated carbocycles. The zero-order valence-corrected chi connectivity index (χ0v) is 13.7. The maximum Gasteiger partial charge on any atom is 0.256 e. The molecule has 6 heteroatoms. The summed E-state index contributed by atoms with van der Waals surface area (Å²) in [6.07, 6.45) is 0. The van der Waals surface area contributed by atoms with Crippen molar-refractivity contribution < 1.29 is 4.79 Å². The van der Waals surface area contributed by atoms with Gasteiger partial charge < -0.3 is 10.3 Å². The number of carbonyl (C=O) groups is 1. The Hall–Kier alpha value is -2.37. The number of hydrogen-bond acceptors (Lipinski definition) is 3. The van der Waals surface area contributed by atoms with Crippen molar-refractivity contribution in [2.24, 2.45) is 0 Å². The molecule has 0 aromatic carbocycles. The first-order valence-electron chi connectivity index (χ1n) is 7.43. The summed E-state index contributed by atoms with van der Waals surface area (Å²) in [4.78, 5) is 26.9. The second kappa shape index (κ2) is 6.17. The fourth-order valence-corrected chi connectivity index (χ4v) is 2.38. The standard InChI is InChI=1S/C16H22N4O2/c1-6-20-11(5)15(10(4)19-20)18-16(22)12-7-13(9(2)3)17-14(21)8-12/h7-9H,6H2,1-5H3,(H,17,21)(H,18,22). The van der Waals surface area contributed by atoms with Crippen LogP contribution in [-0.4, -0.2) is 20.7 Å². The molecule has 0 atom stereocenters. The lowest BCUT2D eigenvalue weighted by Gasteiger charge is -2.09. The molecule has 2 aromatic heterocycles. The molecule has 1 amide bonds. The number of aryl methyl sites for hydroxylation is 2. The Kier molecular flexibility index (Phi) is 4.49. The van der Waals surface area contributed by atoms with Crippen molar-refractivity contribution in [1.82, 2.24) is 14.8 Å². The van der Waals surface area contributed by atoms with Gasteiger partial charge in [-0.3, -0.25) is 14.3 Å². The quantitative estimate of drug-likeness (QED) is 0.911. The topological polar surface area (TPSA) is 79.8 Å². The molecule has 6 nitrogen and oxygen atoms in total. The van der Waals surface area contributed by atoms with Crippen molar-refractivity contribution >= 4 is 11.6 Å². The molecule has 0 bridgehead atoms. The van der Waals surface area contributed by atoms with Crippen LogP contribution in [-0.2, 0) is 6.54 Å². The van der Waals surface area contributed by atoms with Gasteiger partial charge in [-0.1, -0.05) is 13.8 Å². The minimum absolute atomic E-state index is 0.145. The molecule has 0 aliphatic rings. The summed E-state index contributed by atoms with van der Waals surface area (Å²) in [5, 5.41) is 7.24. The number of aromatic amines is 1. The number of aromatic nitrogens is 3. The van der Waals surface area contributed by atoms with E-state index in [1.165, 1.54) is 6.07 Å². The number of H-pyrrole nitrogens is 1. The van der Waals surface area contributed by atoms with Gasteiger partial charge in [-0.25, -0.2) is 0 Å². The lowest BCUT2D eigenvalue weighted by Crippen LogP contribution is -2.18. The summed E-state index contributed by atoms with van der Waals surface area (Å²) in [5.41, 5.74) is 3.21. The van der Waals surface area contributed by atoms with Gasteiger partial charge in [0.2, 0.25) is 5.56 Å². The van der Waals surface area contributed by atoms with Crippen LogP contribution in [0.1, 0.15) is 54.1 Å². The summed E-state index contributed by atoms with van der Waals surface area (Å²) < 4.78 is 1.84. The molecule has 0 aliphatic heterocycles. The molecular weight excluding hydrogens is 280 g/mol. The third kappa shape index (κ3) is 3.10. The van der Waals surface area contributed by atoms with E-state index in [9.17, 15) is 9.59 Å². The molecular formula is C16H22N4O2. The van der Waals surface area contributed by atoms with Crippen LogP contribution in [0.15, 0.2) is 16.9 Å². The SMILES string of the molecule is CCn1nc(C)c(NC(=O)c2cc(C(C)C)[nH]c(=O)c2)c1C. The third-order valence-electron chi connectivity index (χ3n) is 3.67. The van der Waals surface area contributed by atoms with E-state index in [-0.39, 0.29) is 17.4 Å². The van der Waals surface area contributed by atoms with Crippen molar-refractivity contribution in [1.29, 1.82) is 0 Å². The van der Waals surface area contributed by atoms with Gasteiger partial charge in [-0.2, -0.15) is 5.10 Å². The molecule has 0 aliphatic carbocycles. The predicted octanol–water partition coefficient (Wildman–Crippen LogP) is 2.58. The molecule has 2 heterocycles. The summed E-state index contributed by atoms with van der Waals surface area (Å²) in [6.45, 7) is 10.4. The van der Waals surface area contributed by atoms with Gasteiger partial charge in [0.15, 0.2) is 0 Å². The van der Waals surface area contributed by atoms with Gasteiger partial charge >= 0.3 is 0 Å². The highest BCUT2D eigenvalue weighted by atomic mass is 16.2. The van der Waals surface area contributed by atoms with E-state index in [0.29, 0.717) is 11.3 Å². The Labute approximate surface area is 129 Å². The van der Waals surface area contributed by atoms with Crippen molar-refractivity contribution in [2.75, 3.05) is 5.32 Å². The number of amides is 1. The maximum absolute atomic E-state index is 12.4. The molecule has 22 heavy (non-hydrogen) atoms. The molecule has 2 rings (SSSR count). The van der Waals surface area contributed by atoms with E-state index in [1.807, 2.05) is 39.3 Å². The van der Waals surface area contributed by atoms with Gasteiger partial charge in [0.05, 0.1) is 17.1 Å². The van der Waals surface area contributed by atoms with Crippen molar-refractivity contribution in [3.05, 3.63) is 45.1 Å². The number of anilines is 1. The van der Waals surface area contributed by atoms with Gasteiger partial charge in [0.1, 0.15) is 0 Å². The summed E-state index contributed by atoms with van der Waals surface area (Å²) in [7, 11) is 0. The number of nitrogens with zero attached hydrogens (tertiary/aromatic N) is 2. The Balaban J connectivity index is 2.34. The van der Waals surface area contributed by atoms with Crippen LogP contribution in [0, 0.1) is 13.8 Å². The number of hydrogen-bond donors (Lipinski definition) is 2. The first-order chi connectivity index (χ1) is 10.3. The second-order valence-corrected chi connectivity index (χ2v) is 5.66. The molecule has 0 unspecified atom stereocenters. The zero-order valence-electron chi connectivity index (χ0n) is 13.7. The van der Waals surface area contributed by atoms with Crippen molar-refractivity contribution in [3.63, 3.8) is 0 Å². The smallest absolute Gasteiger partial charge is 0.256 e. The van der Waals surface area contributed by atoms with Crippen LogP contribution in [0.4, 0.5) is 5.69 Å². The van der Waals surface area contributed by atoms with Crippen molar-refractivity contribution in [2.45, 2.75) is 47.1 Å². The van der Waals surface area contributed by atoms with Crippen molar-refractivity contribution in [3.8, 4) is 0 Å². The van der Waals surface area contributed by atoms with E-state index >= 15 is 0 Å². The highest BCUT2D eigenvalue weighted by molar-refractivity contribution is 6.04. The minimum atomic E-state index is -0.296. The van der Waals surface area contributed by atoms with Crippen LogP contribution < -0.4 is 10.9 Å². The zero-order chi connectivity index (χ0) is 16.4. The first-order valence-corrected chi connectivity index (χ1v) is 7.43. The van der Waals surface area contributed by atoms with Crippen LogP contribution >= 0.6 is 0 Å². The van der Waals surface area contributed by atoms with Crippen LogP contribution in [0.25, 0.3) is 0 Å². The first kappa shape index (κ1) is 16.0. The number of rotatable bonds is 4. The Morgan fingerprint density at radius 1 is 1.36 bits per heavy atom. The summed E-state index contributed by atoms with van der Waals surface area (Å²) in [6, 6.07) is 3.03. The summed E-state index contributed by atoms with van der Waals surface area (Å²) in [5.74, 6) is -0.151. The molecule has 0 saturated heterocycles. The van der Waals surface area contributed by atoms with E-state index in [1.54, 1.807) is 6.07 Å². The fourth-order valence-electron chi connectivity index (χ4n) is 2.38. The van der Waals surface area contributed by atoms with Gasteiger partial charge in [-0.15, -0.1) is 0 Å². The maximum atomic E-state index is 12.4. The molecule has 0 spiro atoms. The highest BCUT2D eigenvalue weighted by Crippen LogP contribution is 2.20. The van der Waals surface area contributed by atoms with Crippen LogP contribution in [0.3, 0.4) is 0 Å². The molecule has 2 N–H and O–H groups in total. The third-order valence-corrected chi connectivity index (χ3v) is 3.67. The molecule has 0 radical (unpaired) electrons. The lowest BCUT2D eigenvalue weighted by molar-refractivity contribution is 0.102. The van der Waals surface area contributed by atoms with E-state index < -0.39 is 0 Å². The molecule has 118 valence electrons. The van der Waals surface area contributed by atoms with Gasteiger partial charge in [-0.05, 0) is 32.8 Å². The highest BCUT2D eigenvalue weighted by Gasteiger charge is 2.16. The van der Waals surface area contributed by atoms with E-state index in [2.05, 4.69) is 15.4 Å². The molecule has 0 fully saturated rings. The predicted molar refractivity (Wildman–Crippen MR) is 86.5 cm³/mol. The van der Waals surface area contributed by atoms with Crippen LogP contribution in [0.2, 0.25) is 0 Å². The number of pyridine rings is 1. The van der Waals surface area contributed by atoms with Crippen LogP contribution in [0.5, 0.6) is 0 Å². The van der Waals surface area contributed by atoms with Gasteiger partial charge in [0.25, 0.3) is 5.91 Å². The van der Waals surface area contributed by atoms with E-state index in [0.717, 1.165) is 23.6 Å². The van der Waals surface area contributed by atoms with E-state index in [4.69, 9.17) is 0 Å². The minimum Gasteiger partial charge on any atom is -0.326 e.